The van der Waals surface area contributed by atoms with E-state index in [1.807, 2.05) is 19.1 Å². The van der Waals surface area contributed by atoms with E-state index in [1.54, 1.807) is 13.2 Å². The summed E-state index contributed by atoms with van der Waals surface area (Å²) in [6.07, 6.45) is 0.445. The second kappa shape index (κ2) is 5.55. The highest BCUT2D eigenvalue weighted by atomic mass is 19.4. The number of anilines is 1. The maximum Gasteiger partial charge on any atom is 0.435 e. The summed E-state index contributed by atoms with van der Waals surface area (Å²) in [5.74, 6) is 1.38. The second-order valence-corrected chi connectivity index (χ2v) is 8.93. The van der Waals surface area contributed by atoms with Crippen molar-refractivity contribution in [1.82, 2.24) is 20.0 Å². The lowest BCUT2D eigenvalue weighted by Crippen LogP contribution is -2.36. The van der Waals surface area contributed by atoms with E-state index in [1.165, 1.54) is 10.2 Å². The maximum absolute atomic E-state index is 13.7. The third-order valence-electron chi connectivity index (χ3n) is 7.41. The summed E-state index contributed by atoms with van der Waals surface area (Å²) in [5, 5.41) is 15.9. The van der Waals surface area contributed by atoms with Gasteiger partial charge in [-0.15, -0.1) is 0 Å². The van der Waals surface area contributed by atoms with Crippen molar-refractivity contribution >= 4 is 16.6 Å². The van der Waals surface area contributed by atoms with Gasteiger partial charge in [0.15, 0.2) is 5.69 Å². The molecule has 2 fully saturated rings. The molecule has 1 aromatic carbocycles. The van der Waals surface area contributed by atoms with Gasteiger partial charge in [0.25, 0.3) is 0 Å². The Labute approximate surface area is 165 Å². The molecule has 2 saturated carbocycles. The summed E-state index contributed by atoms with van der Waals surface area (Å²) in [5.41, 5.74) is 3.66. The van der Waals surface area contributed by atoms with Crippen LogP contribution >= 0.6 is 0 Å². The van der Waals surface area contributed by atoms with E-state index in [0.29, 0.717) is 11.8 Å². The van der Waals surface area contributed by atoms with Crippen LogP contribution in [0, 0.1) is 24.7 Å². The fraction of sp³-hybridized carbons (Fsp3) is 0.524. The van der Waals surface area contributed by atoms with Crippen LogP contribution in [-0.2, 0) is 13.2 Å². The van der Waals surface area contributed by atoms with E-state index < -0.39 is 11.9 Å². The molecule has 2 aliphatic carbocycles. The number of rotatable bonds is 1. The van der Waals surface area contributed by atoms with Crippen molar-refractivity contribution < 1.29 is 13.2 Å². The average molecular weight is 401 g/mol. The third kappa shape index (κ3) is 2.28. The molecule has 6 rings (SSSR count). The lowest BCUT2D eigenvalue weighted by Gasteiger charge is -2.43. The van der Waals surface area contributed by atoms with Gasteiger partial charge in [0.1, 0.15) is 0 Å². The Kier molecular flexibility index (Phi) is 3.32. The molecular weight excluding hydrogens is 379 g/mol. The molecule has 8 heteroatoms. The quantitative estimate of drug-likeness (QED) is 0.609. The first kappa shape index (κ1) is 17.4. The molecule has 1 aliphatic heterocycles. The lowest BCUT2D eigenvalue weighted by molar-refractivity contribution is -0.142. The van der Waals surface area contributed by atoms with Gasteiger partial charge in [0.05, 0.1) is 11.6 Å². The van der Waals surface area contributed by atoms with Gasteiger partial charge in [0.2, 0.25) is 0 Å². The molecule has 29 heavy (non-hydrogen) atoms. The van der Waals surface area contributed by atoms with E-state index in [2.05, 4.69) is 20.6 Å². The number of hydrogen-bond acceptors (Lipinski definition) is 3. The first-order valence-corrected chi connectivity index (χ1v) is 10.2. The SMILES string of the molecule is Cc1[nH]nc2ccc3c(c12)[C@H]1[C@@H]2CC[C@H](C2)[C@H]1[C@H](c1cn(C)nc1C(F)(F)F)N3. The van der Waals surface area contributed by atoms with Gasteiger partial charge >= 0.3 is 6.18 Å². The van der Waals surface area contributed by atoms with Gasteiger partial charge in [0, 0.05) is 35.6 Å². The third-order valence-corrected chi connectivity index (χ3v) is 7.41. The number of hydrogen-bond donors (Lipinski definition) is 2. The summed E-state index contributed by atoms with van der Waals surface area (Å²) in [4.78, 5) is 0. The van der Waals surface area contributed by atoms with Crippen molar-refractivity contribution in [3.05, 3.63) is 40.8 Å². The molecule has 5 atom stereocenters. The zero-order valence-corrected chi connectivity index (χ0v) is 16.2. The Hall–Kier alpha value is -2.51. The molecule has 0 radical (unpaired) electrons. The van der Waals surface area contributed by atoms with Crippen molar-refractivity contribution in [3.63, 3.8) is 0 Å². The van der Waals surface area contributed by atoms with Crippen LogP contribution in [0.4, 0.5) is 18.9 Å². The highest BCUT2D eigenvalue weighted by molar-refractivity contribution is 5.91. The van der Waals surface area contributed by atoms with Crippen molar-refractivity contribution in [2.45, 2.75) is 44.3 Å². The number of fused-ring (bicyclic) bond motifs is 9. The number of halogens is 3. The zero-order valence-electron chi connectivity index (χ0n) is 16.2. The molecule has 0 saturated heterocycles. The second-order valence-electron chi connectivity index (χ2n) is 8.93. The molecule has 2 bridgehead atoms. The summed E-state index contributed by atoms with van der Waals surface area (Å²) in [6, 6.07) is 3.55. The van der Waals surface area contributed by atoms with Crippen molar-refractivity contribution in [2.24, 2.45) is 24.8 Å². The summed E-state index contributed by atoms with van der Waals surface area (Å²) in [7, 11) is 1.56. The molecule has 0 amide bonds. The van der Waals surface area contributed by atoms with Crippen LogP contribution in [0.5, 0.6) is 0 Å². The number of aryl methyl sites for hydroxylation is 2. The normalized spacial score (nSPS) is 30.4. The number of H-pyrrole nitrogens is 1. The maximum atomic E-state index is 13.7. The monoisotopic (exact) mass is 401 g/mol. The molecule has 152 valence electrons. The van der Waals surface area contributed by atoms with Crippen LogP contribution in [0.2, 0.25) is 0 Å². The first-order valence-electron chi connectivity index (χ1n) is 10.2. The molecule has 2 N–H and O–H groups in total. The molecular formula is C21H22F3N5. The van der Waals surface area contributed by atoms with Gasteiger partial charge in [-0.25, -0.2) is 0 Å². The molecule has 0 spiro atoms. The molecule has 3 aliphatic rings. The van der Waals surface area contributed by atoms with Crippen LogP contribution in [0.15, 0.2) is 18.3 Å². The smallest absolute Gasteiger partial charge is 0.378 e. The highest BCUT2D eigenvalue weighted by Crippen LogP contribution is 2.65. The fourth-order valence-electron chi connectivity index (χ4n) is 6.51. The van der Waals surface area contributed by atoms with Gasteiger partial charge in [-0.2, -0.15) is 23.4 Å². The molecule has 3 aromatic rings. The van der Waals surface area contributed by atoms with Gasteiger partial charge in [-0.1, -0.05) is 0 Å². The largest absolute Gasteiger partial charge is 0.435 e. The fourth-order valence-corrected chi connectivity index (χ4v) is 6.51. The van der Waals surface area contributed by atoms with Crippen molar-refractivity contribution in [3.8, 4) is 0 Å². The topological polar surface area (TPSA) is 58.5 Å². The Morgan fingerprint density at radius 1 is 1.17 bits per heavy atom. The van der Waals surface area contributed by atoms with E-state index in [4.69, 9.17) is 0 Å². The summed E-state index contributed by atoms with van der Waals surface area (Å²) in [6.45, 7) is 2.02. The zero-order chi connectivity index (χ0) is 20.1. The van der Waals surface area contributed by atoms with Crippen LogP contribution in [0.1, 0.15) is 53.7 Å². The Morgan fingerprint density at radius 3 is 2.76 bits per heavy atom. The minimum Gasteiger partial charge on any atom is -0.378 e. The average Bonchev–Trinajstić information content (AvgIpc) is 3.43. The van der Waals surface area contributed by atoms with Crippen molar-refractivity contribution in [2.75, 3.05) is 5.32 Å². The van der Waals surface area contributed by atoms with E-state index >= 15 is 0 Å². The van der Waals surface area contributed by atoms with Crippen molar-refractivity contribution in [1.29, 1.82) is 0 Å². The molecule has 3 heterocycles. The lowest BCUT2D eigenvalue weighted by atomic mass is 9.67. The number of benzene rings is 1. The van der Waals surface area contributed by atoms with Gasteiger partial charge in [-0.05, 0) is 67.6 Å². The minimum absolute atomic E-state index is 0.145. The highest BCUT2D eigenvalue weighted by Gasteiger charge is 2.56. The first-order chi connectivity index (χ1) is 13.8. The number of nitrogens with one attached hydrogen (secondary N) is 2. The number of alkyl halides is 3. The Balaban J connectivity index is 1.57. The Bertz CT molecular complexity index is 1130. The van der Waals surface area contributed by atoms with Crippen LogP contribution < -0.4 is 5.32 Å². The van der Waals surface area contributed by atoms with Gasteiger partial charge < -0.3 is 5.32 Å². The Morgan fingerprint density at radius 2 is 1.97 bits per heavy atom. The predicted octanol–water partition coefficient (Wildman–Crippen LogP) is 4.92. The molecule has 2 aromatic heterocycles. The van der Waals surface area contributed by atoms with E-state index in [9.17, 15) is 13.2 Å². The number of aromatic amines is 1. The molecule has 0 unspecified atom stereocenters. The van der Waals surface area contributed by atoms with Crippen LogP contribution in [-0.4, -0.2) is 20.0 Å². The predicted molar refractivity (Wildman–Crippen MR) is 102 cm³/mol. The van der Waals surface area contributed by atoms with E-state index in [-0.39, 0.29) is 23.4 Å². The minimum atomic E-state index is -4.46. The summed E-state index contributed by atoms with van der Waals surface area (Å²) < 4.78 is 42.5. The number of nitrogens with zero attached hydrogens (tertiary/aromatic N) is 3. The van der Waals surface area contributed by atoms with E-state index in [0.717, 1.165) is 41.5 Å². The summed E-state index contributed by atoms with van der Waals surface area (Å²) >= 11 is 0. The standard InChI is InChI=1S/C21H22F3N5/c1-9-15-14(27-26-9)6-5-13-18(15)16-10-3-4-11(7-10)17(16)19(25-13)12-8-29(2)28-20(12)21(22,23)24/h5-6,8,10-11,16-17,19,25H,3-4,7H2,1-2H3,(H,26,27)/t10-,11-,16+,17-,19+/m1/s1. The number of aromatic nitrogens is 4. The van der Waals surface area contributed by atoms with Crippen LogP contribution in [0.25, 0.3) is 10.9 Å². The van der Waals surface area contributed by atoms with Crippen LogP contribution in [0.3, 0.4) is 0 Å². The van der Waals surface area contributed by atoms with Gasteiger partial charge in [-0.3, -0.25) is 9.78 Å². The molecule has 5 nitrogen and oxygen atoms in total.